The van der Waals surface area contributed by atoms with E-state index in [4.69, 9.17) is 0 Å². The minimum absolute atomic E-state index is 0.190. The Morgan fingerprint density at radius 1 is 0.781 bits per heavy atom. The standard InChI is InChI=1S/C28H29N3O/c32-27-28(31(20-29-27)22-11-5-2-6-12-22)15-17-30(18-16-28)26-19-25(21-9-3-1-4-10-21)23-13-7-8-14-24(23)26/h1-14,25-26H,15-20H2,(H,29,32). The molecule has 3 aromatic rings. The van der Waals surface area contributed by atoms with E-state index in [9.17, 15) is 4.79 Å². The molecule has 0 aromatic heterocycles. The van der Waals surface area contributed by atoms with Crippen molar-refractivity contribution in [1.29, 1.82) is 0 Å². The van der Waals surface area contributed by atoms with Crippen molar-refractivity contribution in [3.8, 4) is 0 Å². The maximum atomic E-state index is 13.0. The van der Waals surface area contributed by atoms with Crippen molar-refractivity contribution in [3.63, 3.8) is 0 Å². The van der Waals surface area contributed by atoms with Gasteiger partial charge in [0.05, 0.1) is 6.67 Å². The van der Waals surface area contributed by atoms with Gasteiger partial charge in [0, 0.05) is 30.7 Å². The van der Waals surface area contributed by atoms with Crippen LogP contribution in [0.1, 0.15) is 47.9 Å². The van der Waals surface area contributed by atoms with Gasteiger partial charge in [0.25, 0.3) is 0 Å². The van der Waals surface area contributed by atoms with Crippen molar-refractivity contribution in [2.45, 2.75) is 36.8 Å². The van der Waals surface area contributed by atoms with E-state index in [0.717, 1.165) is 38.0 Å². The van der Waals surface area contributed by atoms with Crippen LogP contribution in [0, 0.1) is 0 Å². The van der Waals surface area contributed by atoms with Crippen molar-refractivity contribution < 1.29 is 4.79 Å². The molecule has 2 heterocycles. The van der Waals surface area contributed by atoms with Gasteiger partial charge in [-0.1, -0.05) is 72.8 Å². The highest BCUT2D eigenvalue weighted by Gasteiger charge is 2.51. The minimum Gasteiger partial charge on any atom is -0.339 e. The first-order valence-corrected chi connectivity index (χ1v) is 11.8. The zero-order valence-electron chi connectivity index (χ0n) is 18.3. The topological polar surface area (TPSA) is 35.6 Å². The quantitative estimate of drug-likeness (QED) is 0.664. The number of carbonyl (C=O) groups excluding carboxylic acids is 1. The molecule has 2 atom stereocenters. The lowest BCUT2D eigenvalue weighted by molar-refractivity contribution is -0.125. The van der Waals surface area contributed by atoms with Gasteiger partial charge in [0.15, 0.2) is 0 Å². The molecule has 6 rings (SSSR count). The van der Waals surface area contributed by atoms with Gasteiger partial charge in [-0.15, -0.1) is 0 Å². The summed E-state index contributed by atoms with van der Waals surface area (Å²) in [6.07, 6.45) is 2.84. The number of fused-ring (bicyclic) bond motifs is 1. The number of nitrogens with one attached hydrogen (secondary N) is 1. The average molecular weight is 424 g/mol. The molecule has 32 heavy (non-hydrogen) atoms. The lowest BCUT2D eigenvalue weighted by Gasteiger charge is -2.45. The Bertz CT molecular complexity index is 1110. The van der Waals surface area contributed by atoms with E-state index in [0.29, 0.717) is 18.6 Å². The van der Waals surface area contributed by atoms with E-state index in [1.165, 1.54) is 16.7 Å². The van der Waals surface area contributed by atoms with Gasteiger partial charge in [0.1, 0.15) is 5.54 Å². The number of benzene rings is 3. The molecule has 1 N–H and O–H groups in total. The summed E-state index contributed by atoms with van der Waals surface area (Å²) in [4.78, 5) is 17.9. The number of piperidine rings is 1. The first-order valence-electron chi connectivity index (χ1n) is 11.8. The number of carbonyl (C=O) groups is 1. The van der Waals surface area contributed by atoms with Crippen LogP contribution in [-0.2, 0) is 4.79 Å². The summed E-state index contributed by atoms with van der Waals surface area (Å²) in [5.74, 6) is 0.638. The van der Waals surface area contributed by atoms with Crippen LogP contribution in [-0.4, -0.2) is 36.1 Å². The summed E-state index contributed by atoms with van der Waals surface area (Å²) in [5.41, 5.74) is 5.05. The molecule has 1 aliphatic carbocycles. The second-order valence-electron chi connectivity index (χ2n) is 9.34. The van der Waals surface area contributed by atoms with Crippen LogP contribution in [0.5, 0.6) is 0 Å². The normalized spacial score (nSPS) is 24.5. The molecule has 1 amide bonds. The van der Waals surface area contributed by atoms with E-state index in [1.807, 2.05) is 6.07 Å². The molecular formula is C28H29N3O. The molecule has 2 aliphatic heterocycles. The Hall–Kier alpha value is -3.11. The summed E-state index contributed by atoms with van der Waals surface area (Å²) in [6, 6.07) is 30.7. The molecule has 2 unspecified atom stereocenters. The van der Waals surface area contributed by atoms with Crippen LogP contribution in [0.25, 0.3) is 0 Å². The third-order valence-electron chi connectivity index (χ3n) is 7.86. The van der Waals surface area contributed by atoms with Gasteiger partial charge in [0.2, 0.25) is 5.91 Å². The fourth-order valence-corrected chi connectivity index (χ4v) is 6.19. The molecule has 162 valence electrons. The van der Waals surface area contributed by atoms with Gasteiger partial charge in [-0.2, -0.15) is 0 Å². The third-order valence-corrected chi connectivity index (χ3v) is 7.86. The van der Waals surface area contributed by atoms with Gasteiger partial charge in [-0.05, 0) is 48.1 Å². The Morgan fingerprint density at radius 3 is 2.12 bits per heavy atom. The highest BCUT2D eigenvalue weighted by Crippen LogP contribution is 2.48. The van der Waals surface area contributed by atoms with E-state index in [2.05, 4.69) is 94.0 Å². The maximum Gasteiger partial charge on any atom is 0.247 e. The predicted molar refractivity (Wildman–Crippen MR) is 128 cm³/mol. The summed E-state index contributed by atoms with van der Waals surface area (Å²) in [7, 11) is 0. The fraction of sp³-hybridized carbons (Fsp3) is 0.321. The number of hydrogen-bond donors (Lipinski definition) is 1. The number of rotatable bonds is 3. The molecule has 0 radical (unpaired) electrons. The number of para-hydroxylation sites is 1. The Labute approximate surface area is 189 Å². The minimum atomic E-state index is -0.422. The van der Waals surface area contributed by atoms with Gasteiger partial charge >= 0.3 is 0 Å². The molecule has 0 saturated carbocycles. The van der Waals surface area contributed by atoms with Crippen molar-refractivity contribution in [3.05, 3.63) is 102 Å². The first-order chi connectivity index (χ1) is 15.8. The summed E-state index contributed by atoms with van der Waals surface area (Å²) < 4.78 is 0. The Kier molecular flexibility index (Phi) is 4.76. The SMILES string of the molecule is O=C1NCN(c2ccccc2)C12CCN(C1CC(c3ccccc3)c3ccccc31)CC2. The third kappa shape index (κ3) is 3.05. The van der Waals surface area contributed by atoms with Crippen molar-refractivity contribution in [1.82, 2.24) is 10.2 Å². The van der Waals surface area contributed by atoms with Crippen molar-refractivity contribution in [2.75, 3.05) is 24.7 Å². The highest BCUT2D eigenvalue weighted by atomic mass is 16.2. The second kappa shape index (κ2) is 7.79. The number of hydrogen-bond acceptors (Lipinski definition) is 3. The van der Waals surface area contributed by atoms with Gasteiger partial charge in [-0.3, -0.25) is 9.69 Å². The first kappa shape index (κ1) is 19.6. The van der Waals surface area contributed by atoms with Crippen molar-refractivity contribution in [2.24, 2.45) is 0 Å². The lowest BCUT2D eigenvalue weighted by atomic mass is 9.84. The van der Waals surface area contributed by atoms with Crippen LogP contribution < -0.4 is 10.2 Å². The lowest BCUT2D eigenvalue weighted by Crippen LogP contribution is -2.56. The monoisotopic (exact) mass is 423 g/mol. The number of amides is 1. The zero-order valence-corrected chi connectivity index (χ0v) is 18.3. The van der Waals surface area contributed by atoms with E-state index >= 15 is 0 Å². The van der Waals surface area contributed by atoms with E-state index in [1.54, 1.807) is 0 Å². The molecule has 0 bridgehead atoms. The number of nitrogens with zero attached hydrogens (tertiary/aromatic N) is 2. The van der Waals surface area contributed by atoms with Crippen molar-refractivity contribution >= 4 is 11.6 Å². The van der Waals surface area contributed by atoms with Gasteiger partial charge < -0.3 is 10.2 Å². The Balaban J connectivity index is 1.25. The zero-order chi connectivity index (χ0) is 21.5. The van der Waals surface area contributed by atoms with Crippen LogP contribution in [0.3, 0.4) is 0 Å². The van der Waals surface area contributed by atoms with Crippen LogP contribution in [0.2, 0.25) is 0 Å². The van der Waals surface area contributed by atoms with Gasteiger partial charge in [-0.25, -0.2) is 0 Å². The summed E-state index contributed by atoms with van der Waals surface area (Å²) in [5, 5.41) is 3.13. The molecule has 4 heteroatoms. The molecule has 1 spiro atoms. The second-order valence-corrected chi connectivity index (χ2v) is 9.34. The molecule has 2 fully saturated rings. The summed E-state index contributed by atoms with van der Waals surface area (Å²) in [6.45, 7) is 2.49. The van der Waals surface area contributed by atoms with E-state index < -0.39 is 5.54 Å². The highest BCUT2D eigenvalue weighted by molar-refractivity contribution is 5.93. The van der Waals surface area contributed by atoms with Crippen LogP contribution >= 0.6 is 0 Å². The molecule has 4 nitrogen and oxygen atoms in total. The summed E-state index contributed by atoms with van der Waals surface area (Å²) >= 11 is 0. The molecule has 3 aliphatic rings. The predicted octanol–water partition coefficient (Wildman–Crippen LogP) is 4.69. The smallest absolute Gasteiger partial charge is 0.247 e. The number of likely N-dealkylation sites (tertiary alicyclic amines) is 1. The fourth-order valence-electron chi connectivity index (χ4n) is 6.19. The molecule has 2 saturated heterocycles. The molecular weight excluding hydrogens is 394 g/mol. The largest absolute Gasteiger partial charge is 0.339 e. The molecule has 3 aromatic carbocycles. The van der Waals surface area contributed by atoms with E-state index in [-0.39, 0.29) is 5.91 Å². The van der Waals surface area contributed by atoms with Crippen LogP contribution in [0.15, 0.2) is 84.9 Å². The average Bonchev–Trinajstić information content (AvgIpc) is 3.39. The maximum absolute atomic E-state index is 13.0. The van der Waals surface area contributed by atoms with Crippen LogP contribution in [0.4, 0.5) is 5.69 Å². The number of anilines is 1. The Morgan fingerprint density at radius 2 is 1.41 bits per heavy atom.